The van der Waals surface area contributed by atoms with Crippen molar-refractivity contribution in [1.29, 1.82) is 0 Å². The lowest BCUT2D eigenvalue weighted by Gasteiger charge is -2.10. The summed E-state index contributed by atoms with van der Waals surface area (Å²) in [6.45, 7) is 4.30. The van der Waals surface area contributed by atoms with Crippen LogP contribution in [0.3, 0.4) is 0 Å². The zero-order valence-electron chi connectivity index (χ0n) is 9.97. The summed E-state index contributed by atoms with van der Waals surface area (Å²) in [7, 11) is 0. The topological polar surface area (TPSA) is 46.5 Å². The molecule has 0 aliphatic heterocycles. The van der Waals surface area contributed by atoms with E-state index in [1.165, 1.54) is 6.07 Å². The van der Waals surface area contributed by atoms with Gasteiger partial charge in [-0.2, -0.15) is 0 Å². The van der Waals surface area contributed by atoms with Crippen LogP contribution in [0.2, 0.25) is 15.1 Å². The summed E-state index contributed by atoms with van der Waals surface area (Å²) in [6, 6.07) is 1.24. The highest BCUT2D eigenvalue weighted by molar-refractivity contribution is 6.49. The number of phenols is 1. The van der Waals surface area contributed by atoms with Crippen LogP contribution in [0.25, 0.3) is 0 Å². The van der Waals surface area contributed by atoms with Gasteiger partial charge in [0.25, 0.3) is 0 Å². The van der Waals surface area contributed by atoms with Gasteiger partial charge < -0.3 is 9.84 Å². The lowest BCUT2D eigenvalue weighted by atomic mass is 10.1. The number of esters is 1. The van der Waals surface area contributed by atoms with Gasteiger partial charge >= 0.3 is 5.97 Å². The molecule has 0 radical (unpaired) electrons. The number of rotatable bonds is 4. The van der Waals surface area contributed by atoms with Gasteiger partial charge in [0, 0.05) is 0 Å². The maximum absolute atomic E-state index is 11.7. The lowest BCUT2D eigenvalue weighted by Crippen LogP contribution is -2.08. The predicted octanol–water partition coefficient (Wildman–Crippen LogP) is 4.56. The van der Waals surface area contributed by atoms with E-state index in [0.29, 0.717) is 5.92 Å². The number of aromatic hydroxyl groups is 1. The van der Waals surface area contributed by atoms with Crippen molar-refractivity contribution in [2.75, 3.05) is 6.61 Å². The molecule has 0 spiro atoms. The SMILES string of the molecule is CC(C)CCOC(=O)c1cc(Cl)c(Cl)c(Cl)c1O. The van der Waals surface area contributed by atoms with E-state index in [1.54, 1.807) is 0 Å². The molecule has 1 rings (SSSR count). The Labute approximate surface area is 121 Å². The van der Waals surface area contributed by atoms with Crippen molar-refractivity contribution < 1.29 is 14.6 Å². The number of ether oxygens (including phenoxy) is 1. The summed E-state index contributed by atoms with van der Waals surface area (Å²) >= 11 is 17.3. The second-order valence-corrected chi connectivity index (χ2v) is 5.36. The summed E-state index contributed by atoms with van der Waals surface area (Å²) < 4.78 is 5.01. The Bertz CT molecular complexity index is 458. The molecule has 1 aromatic carbocycles. The number of hydrogen-bond acceptors (Lipinski definition) is 3. The van der Waals surface area contributed by atoms with Gasteiger partial charge in [-0.1, -0.05) is 48.7 Å². The van der Waals surface area contributed by atoms with Gasteiger partial charge in [-0.3, -0.25) is 0 Å². The van der Waals surface area contributed by atoms with Crippen LogP contribution in [-0.2, 0) is 4.74 Å². The Balaban J connectivity index is 2.87. The van der Waals surface area contributed by atoms with Gasteiger partial charge in [0.2, 0.25) is 0 Å². The van der Waals surface area contributed by atoms with E-state index >= 15 is 0 Å². The van der Waals surface area contributed by atoms with Crippen molar-refractivity contribution in [1.82, 2.24) is 0 Å². The van der Waals surface area contributed by atoms with Crippen molar-refractivity contribution in [3.05, 3.63) is 26.7 Å². The summed E-state index contributed by atoms with van der Waals surface area (Å²) in [4.78, 5) is 11.7. The average Bonchev–Trinajstić information content (AvgIpc) is 2.30. The molecule has 0 aliphatic carbocycles. The third-order valence-electron chi connectivity index (χ3n) is 2.28. The average molecular weight is 312 g/mol. The van der Waals surface area contributed by atoms with Crippen LogP contribution in [-0.4, -0.2) is 17.7 Å². The minimum Gasteiger partial charge on any atom is -0.505 e. The monoisotopic (exact) mass is 310 g/mol. The molecule has 0 amide bonds. The fourth-order valence-corrected chi connectivity index (χ4v) is 1.81. The normalized spacial score (nSPS) is 10.8. The molecule has 18 heavy (non-hydrogen) atoms. The highest BCUT2D eigenvalue weighted by Gasteiger charge is 2.20. The number of benzene rings is 1. The third-order valence-corrected chi connectivity index (χ3v) is 3.54. The number of carbonyl (C=O) groups excluding carboxylic acids is 1. The first-order valence-corrected chi connectivity index (χ1v) is 6.51. The quantitative estimate of drug-likeness (QED) is 0.655. The van der Waals surface area contributed by atoms with E-state index in [2.05, 4.69) is 0 Å². The van der Waals surface area contributed by atoms with Crippen LogP contribution in [0.1, 0.15) is 30.6 Å². The molecule has 0 aliphatic rings. The van der Waals surface area contributed by atoms with Crippen LogP contribution in [0.15, 0.2) is 6.07 Å². The van der Waals surface area contributed by atoms with Gasteiger partial charge in [0.05, 0.1) is 16.7 Å². The Morgan fingerprint density at radius 3 is 2.50 bits per heavy atom. The molecule has 3 nitrogen and oxygen atoms in total. The zero-order valence-corrected chi connectivity index (χ0v) is 12.2. The molecule has 0 bridgehead atoms. The first-order chi connectivity index (χ1) is 8.34. The predicted molar refractivity (Wildman–Crippen MR) is 72.9 cm³/mol. The number of hydrogen-bond donors (Lipinski definition) is 1. The molecule has 0 unspecified atom stereocenters. The van der Waals surface area contributed by atoms with Crippen molar-refractivity contribution in [2.45, 2.75) is 20.3 Å². The Hall–Kier alpha value is -0.640. The molecule has 0 fully saturated rings. The molecule has 0 saturated carbocycles. The molecule has 1 aromatic rings. The van der Waals surface area contributed by atoms with E-state index in [9.17, 15) is 9.90 Å². The minimum absolute atomic E-state index is 0.00886. The summed E-state index contributed by atoms with van der Waals surface area (Å²) in [6.07, 6.45) is 0.738. The van der Waals surface area contributed by atoms with Gasteiger partial charge in [-0.15, -0.1) is 0 Å². The highest BCUT2D eigenvalue weighted by Crippen LogP contribution is 2.39. The second kappa shape index (κ2) is 6.50. The highest BCUT2D eigenvalue weighted by atomic mass is 35.5. The number of phenolic OH excluding ortho intramolecular Hbond substituents is 1. The van der Waals surface area contributed by atoms with E-state index in [-0.39, 0.29) is 27.2 Å². The minimum atomic E-state index is -0.673. The maximum atomic E-state index is 11.7. The zero-order chi connectivity index (χ0) is 13.9. The van der Waals surface area contributed by atoms with Crippen molar-refractivity contribution in [3.8, 4) is 5.75 Å². The molecule has 0 heterocycles. The van der Waals surface area contributed by atoms with Crippen LogP contribution in [0, 0.1) is 5.92 Å². The second-order valence-electron chi connectivity index (χ2n) is 4.20. The largest absolute Gasteiger partial charge is 0.505 e. The van der Waals surface area contributed by atoms with E-state index in [4.69, 9.17) is 39.5 Å². The van der Waals surface area contributed by atoms with E-state index in [0.717, 1.165) is 6.42 Å². The first kappa shape index (κ1) is 15.4. The van der Waals surface area contributed by atoms with Crippen LogP contribution >= 0.6 is 34.8 Å². The summed E-state index contributed by atoms with van der Waals surface area (Å²) in [5.74, 6) is -0.668. The summed E-state index contributed by atoms with van der Waals surface area (Å²) in [5.41, 5.74) is -0.0850. The molecular weight excluding hydrogens is 298 g/mol. The van der Waals surface area contributed by atoms with Gasteiger partial charge in [-0.05, 0) is 18.4 Å². The van der Waals surface area contributed by atoms with Gasteiger partial charge in [-0.25, -0.2) is 4.79 Å². The van der Waals surface area contributed by atoms with Crippen LogP contribution in [0.4, 0.5) is 0 Å². The third kappa shape index (κ3) is 3.67. The fourth-order valence-electron chi connectivity index (χ4n) is 1.21. The molecule has 100 valence electrons. The molecule has 0 atom stereocenters. The van der Waals surface area contributed by atoms with E-state index in [1.807, 2.05) is 13.8 Å². The standard InChI is InChI=1S/C12H13Cl3O3/c1-6(2)3-4-18-12(17)7-5-8(13)9(14)10(15)11(7)16/h5-6,16H,3-4H2,1-2H3. The first-order valence-electron chi connectivity index (χ1n) is 5.38. The number of carbonyl (C=O) groups is 1. The summed E-state index contributed by atoms with van der Waals surface area (Å²) in [5, 5.41) is 9.65. The van der Waals surface area contributed by atoms with Crippen molar-refractivity contribution in [2.24, 2.45) is 5.92 Å². The molecule has 0 saturated heterocycles. The Morgan fingerprint density at radius 2 is 1.94 bits per heavy atom. The van der Waals surface area contributed by atoms with Crippen molar-refractivity contribution >= 4 is 40.8 Å². The van der Waals surface area contributed by atoms with Crippen LogP contribution in [0.5, 0.6) is 5.75 Å². The smallest absolute Gasteiger partial charge is 0.342 e. The van der Waals surface area contributed by atoms with Gasteiger partial charge in [0.1, 0.15) is 16.3 Å². The van der Waals surface area contributed by atoms with E-state index < -0.39 is 11.7 Å². The molecule has 6 heteroatoms. The van der Waals surface area contributed by atoms with Crippen molar-refractivity contribution in [3.63, 3.8) is 0 Å². The molecule has 1 N–H and O–H groups in total. The van der Waals surface area contributed by atoms with Crippen LogP contribution < -0.4 is 0 Å². The molecular formula is C12H13Cl3O3. The Kier molecular flexibility index (Phi) is 5.57. The number of halogens is 3. The van der Waals surface area contributed by atoms with Gasteiger partial charge in [0.15, 0.2) is 0 Å². The molecule has 0 aromatic heterocycles. The fraction of sp³-hybridized carbons (Fsp3) is 0.417. The lowest BCUT2D eigenvalue weighted by molar-refractivity contribution is 0.0485. The Morgan fingerprint density at radius 1 is 1.33 bits per heavy atom. The maximum Gasteiger partial charge on any atom is 0.342 e.